The Morgan fingerprint density at radius 1 is 1.15 bits per heavy atom. The standard InChI is InChI=1S/C20H25ClN2O3S/c1-5-18(20(24)22(3)14-16-9-7-6-8-10-16)23(27(4,25)26)19-13-17(21)12-11-15(19)2/h6-13,18H,5,14H2,1-4H3/t18-/m0/s1. The first-order chi connectivity index (χ1) is 12.6. The maximum absolute atomic E-state index is 13.1. The summed E-state index contributed by atoms with van der Waals surface area (Å²) < 4.78 is 26.4. The number of hydrogen-bond acceptors (Lipinski definition) is 3. The van der Waals surface area contributed by atoms with Crippen LogP contribution < -0.4 is 4.31 Å². The summed E-state index contributed by atoms with van der Waals surface area (Å²) in [5, 5.41) is 0.421. The number of benzene rings is 2. The third kappa shape index (κ3) is 5.23. The molecular weight excluding hydrogens is 384 g/mol. The zero-order valence-electron chi connectivity index (χ0n) is 16.0. The summed E-state index contributed by atoms with van der Waals surface area (Å²) in [7, 11) is -2.01. The van der Waals surface area contributed by atoms with Gasteiger partial charge in [0.05, 0.1) is 11.9 Å². The fraction of sp³-hybridized carbons (Fsp3) is 0.350. The molecular formula is C20H25ClN2O3S. The van der Waals surface area contributed by atoms with E-state index >= 15 is 0 Å². The number of halogens is 1. The molecule has 0 saturated heterocycles. The summed E-state index contributed by atoms with van der Waals surface area (Å²) in [4.78, 5) is 14.7. The van der Waals surface area contributed by atoms with E-state index in [-0.39, 0.29) is 5.91 Å². The molecule has 0 heterocycles. The minimum atomic E-state index is -3.69. The highest BCUT2D eigenvalue weighted by molar-refractivity contribution is 7.92. The van der Waals surface area contributed by atoms with Crippen molar-refractivity contribution in [1.29, 1.82) is 0 Å². The number of carbonyl (C=O) groups excluding carboxylic acids is 1. The second kappa shape index (κ2) is 8.76. The van der Waals surface area contributed by atoms with Crippen molar-refractivity contribution < 1.29 is 13.2 Å². The predicted octanol–water partition coefficient (Wildman–Crippen LogP) is 3.85. The van der Waals surface area contributed by atoms with Gasteiger partial charge in [0.1, 0.15) is 6.04 Å². The number of carbonyl (C=O) groups is 1. The Labute approximate surface area is 166 Å². The lowest BCUT2D eigenvalue weighted by Gasteiger charge is -2.33. The van der Waals surface area contributed by atoms with Crippen LogP contribution in [0.4, 0.5) is 5.69 Å². The molecule has 1 amide bonds. The molecule has 0 aliphatic heterocycles. The van der Waals surface area contributed by atoms with Crippen molar-refractivity contribution in [1.82, 2.24) is 4.90 Å². The van der Waals surface area contributed by atoms with E-state index in [2.05, 4.69) is 0 Å². The van der Waals surface area contributed by atoms with Gasteiger partial charge < -0.3 is 4.90 Å². The average molecular weight is 409 g/mol. The second-order valence-corrected chi connectivity index (χ2v) is 8.89. The molecule has 0 bridgehead atoms. The lowest BCUT2D eigenvalue weighted by molar-refractivity contribution is -0.131. The van der Waals surface area contributed by atoms with Crippen molar-refractivity contribution >= 4 is 33.2 Å². The molecule has 0 aliphatic carbocycles. The Morgan fingerprint density at radius 3 is 2.33 bits per heavy atom. The molecule has 0 fully saturated rings. The van der Waals surface area contributed by atoms with Crippen LogP contribution in [-0.2, 0) is 21.4 Å². The molecule has 5 nitrogen and oxygen atoms in total. The number of rotatable bonds is 7. The van der Waals surface area contributed by atoms with E-state index in [1.165, 1.54) is 4.31 Å². The van der Waals surface area contributed by atoms with E-state index in [1.54, 1.807) is 44.0 Å². The number of anilines is 1. The van der Waals surface area contributed by atoms with Gasteiger partial charge in [0, 0.05) is 18.6 Å². The summed E-state index contributed by atoms with van der Waals surface area (Å²) >= 11 is 6.09. The van der Waals surface area contributed by atoms with Crippen LogP contribution in [-0.4, -0.2) is 38.6 Å². The molecule has 2 aromatic rings. The number of aryl methyl sites for hydroxylation is 1. The van der Waals surface area contributed by atoms with Crippen molar-refractivity contribution in [3.8, 4) is 0 Å². The Bertz CT molecular complexity index is 901. The Balaban J connectivity index is 2.40. The van der Waals surface area contributed by atoms with Crippen molar-refractivity contribution in [3.63, 3.8) is 0 Å². The summed E-state index contributed by atoms with van der Waals surface area (Å²) in [6.07, 6.45) is 1.46. The first-order valence-electron chi connectivity index (χ1n) is 8.69. The van der Waals surface area contributed by atoms with Gasteiger partial charge in [-0.3, -0.25) is 9.10 Å². The van der Waals surface area contributed by atoms with Crippen molar-refractivity contribution in [2.45, 2.75) is 32.9 Å². The van der Waals surface area contributed by atoms with Crippen molar-refractivity contribution in [3.05, 3.63) is 64.7 Å². The molecule has 7 heteroatoms. The number of sulfonamides is 1. The first-order valence-corrected chi connectivity index (χ1v) is 10.9. The fourth-order valence-electron chi connectivity index (χ4n) is 3.03. The minimum absolute atomic E-state index is 0.258. The molecule has 0 saturated carbocycles. The first kappa shape index (κ1) is 21.3. The summed E-state index contributed by atoms with van der Waals surface area (Å²) in [6, 6.07) is 13.8. The van der Waals surface area contributed by atoms with Crippen LogP contribution in [0.5, 0.6) is 0 Å². The number of nitrogens with zero attached hydrogens (tertiary/aromatic N) is 2. The van der Waals surface area contributed by atoms with Gasteiger partial charge in [-0.25, -0.2) is 8.42 Å². The quantitative estimate of drug-likeness (QED) is 0.699. The average Bonchev–Trinajstić information content (AvgIpc) is 2.61. The van der Waals surface area contributed by atoms with Crippen LogP contribution in [0.2, 0.25) is 5.02 Å². The number of likely N-dealkylation sites (N-methyl/N-ethyl adjacent to an activating group) is 1. The Kier molecular flexibility index (Phi) is 6.89. The molecule has 146 valence electrons. The highest BCUT2D eigenvalue weighted by Crippen LogP contribution is 2.29. The van der Waals surface area contributed by atoms with Gasteiger partial charge in [-0.1, -0.05) is 54.9 Å². The van der Waals surface area contributed by atoms with Gasteiger partial charge in [-0.05, 0) is 36.6 Å². The highest BCUT2D eigenvalue weighted by Gasteiger charge is 2.34. The van der Waals surface area contributed by atoms with E-state index in [1.807, 2.05) is 30.3 Å². The molecule has 0 N–H and O–H groups in total. The summed E-state index contributed by atoms with van der Waals surface area (Å²) in [6.45, 7) is 4.01. The van der Waals surface area contributed by atoms with Gasteiger partial charge in [-0.15, -0.1) is 0 Å². The lowest BCUT2D eigenvalue weighted by Crippen LogP contribution is -2.49. The molecule has 27 heavy (non-hydrogen) atoms. The molecule has 1 atom stereocenters. The molecule has 0 aliphatic rings. The largest absolute Gasteiger partial charge is 0.340 e. The van der Waals surface area contributed by atoms with Gasteiger partial charge in [0.25, 0.3) is 0 Å². The van der Waals surface area contributed by atoms with Crippen molar-refractivity contribution in [2.75, 3.05) is 17.6 Å². The summed E-state index contributed by atoms with van der Waals surface area (Å²) in [5.74, 6) is -0.258. The normalized spacial score (nSPS) is 12.5. The minimum Gasteiger partial charge on any atom is -0.340 e. The maximum atomic E-state index is 13.1. The van der Waals surface area contributed by atoms with E-state index in [0.29, 0.717) is 23.7 Å². The molecule has 2 aromatic carbocycles. The van der Waals surface area contributed by atoms with Gasteiger partial charge in [0.2, 0.25) is 15.9 Å². The lowest BCUT2D eigenvalue weighted by atomic mass is 10.1. The SMILES string of the molecule is CC[C@@H](C(=O)N(C)Cc1ccccc1)N(c1cc(Cl)ccc1C)S(C)(=O)=O. The zero-order valence-corrected chi connectivity index (χ0v) is 17.6. The van der Waals surface area contributed by atoms with Gasteiger partial charge in [-0.2, -0.15) is 0 Å². The monoisotopic (exact) mass is 408 g/mol. The summed E-state index contributed by atoms with van der Waals surface area (Å²) in [5.41, 5.74) is 2.15. The Hall–Kier alpha value is -2.05. The van der Waals surface area contributed by atoms with Crippen LogP contribution in [0.3, 0.4) is 0 Å². The van der Waals surface area contributed by atoms with Crippen LogP contribution in [0.15, 0.2) is 48.5 Å². The van der Waals surface area contributed by atoms with Crippen LogP contribution in [0, 0.1) is 6.92 Å². The Morgan fingerprint density at radius 2 is 1.78 bits per heavy atom. The number of hydrogen-bond donors (Lipinski definition) is 0. The molecule has 0 spiro atoms. The van der Waals surface area contributed by atoms with Gasteiger partial charge >= 0.3 is 0 Å². The van der Waals surface area contributed by atoms with E-state index in [0.717, 1.165) is 17.4 Å². The van der Waals surface area contributed by atoms with E-state index in [9.17, 15) is 13.2 Å². The predicted molar refractivity (Wildman–Crippen MR) is 111 cm³/mol. The van der Waals surface area contributed by atoms with Crippen LogP contribution in [0.1, 0.15) is 24.5 Å². The topological polar surface area (TPSA) is 57.7 Å². The maximum Gasteiger partial charge on any atom is 0.246 e. The third-order valence-corrected chi connectivity index (χ3v) is 5.76. The molecule has 0 radical (unpaired) electrons. The molecule has 0 unspecified atom stereocenters. The van der Waals surface area contributed by atoms with Gasteiger partial charge in [0.15, 0.2) is 0 Å². The van der Waals surface area contributed by atoms with Crippen LogP contribution >= 0.6 is 11.6 Å². The number of amides is 1. The van der Waals surface area contributed by atoms with Crippen LogP contribution in [0.25, 0.3) is 0 Å². The molecule has 0 aromatic heterocycles. The third-order valence-electron chi connectivity index (χ3n) is 4.36. The molecule has 2 rings (SSSR count). The second-order valence-electron chi connectivity index (χ2n) is 6.59. The van der Waals surface area contributed by atoms with E-state index < -0.39 is 16.1 Å². The zero-order chi connectivity index (χ0) is 20.2. The smallest absolute Gasteiger partial charge is 0.246 e. The van der Waals surface area contributed by atoms with Crippen molar-refractivity contribution in [2.24, 2.45) is 0 Å². The van der Waals surface area contributed by atoms with E-state index in [4.69, 9.17) is 11.6 Å². The fourth-order valence-corrected chi connectivity index (χ4v) is 4.45. The highest BCUT2D eigenvalue weighted by atomic mass is 35.5.